The van der Waals surface area contributed by atoms with Gasteiger partial charge in [-0.3, -0.25) is 4.79 Å². The van der Waals surface area contributed by atoms with E-state index in [9.17, 15) is 4.79 Å². The normalized spacial score (nSPS) is 10.2. The zero-order valence-corrected chi connectivity index (χ0v) is 12.6. The van der Waals surface area contributed by atoms with Gasteiger partial charge in [-0.1, -0.05) is 37.3 Å². The van der Waals surface area contributed by atoms with Gasteiger partial charge in [0.25, 0.3) is 0 Å². The number of benzene rings is 2. The summed E-state index contributed by atoms with van der Waals surface area (Å²) in [6, 6.07) is 15.6. The second-order valence-corrected chi connectivity index (χ2v) is 4.92. The van der Waals surface area contributed by atoms with Crippen molar-refractivity contribution in [1.82, 2.24) is 0 Å². The van der Waals surface area contributed by atoms with E-state index in [-0.39, 0.29) is 5.78 Å². The molecule has 2 aromatic rings. The molecular formula is C18H21NO2. The van der Waals surface area contributed by atoms with Gasteiger partial charge in [0.1, 0.15) is 5.75 Å². The van der Waals surface area contributed by atoms with Crippen molar-refractivity contribution in [2.45, 2.75) is 26.3 Å². The van der Waals surface area contributed by atoms with Gasteiger partial charge in [0.05, 0.1) is 7.11 Å². The van der Waals surface area contributed by atoms with Crippen LogP contribution in [0.15, 0.2) is 48.5 Å². The van der Waals surface area contributed by atoms with E-state index in [1.807, 2.05) is 55.5 Å². The van der Waals surface area contributed by atoms with Crippen LogP contribution in [0.1, 0.15) is 35.7 Å². The highest BCUT2D eigenvalue weighted by atomic mass is 16.5. The number of para-hydroxylation sites is 1. The van der Waals surface area contributed by atoms with E-state index in [2.05, 4.69) is 5.32 Å². The predicted molar refractivity (Wildman–Crippen MR) is 86.0 cm³/mol. The van der Waals surface area contributed by atoms with Crippen LogP contribution in [0.4, 0.5) is 5.69 Å². The summed E-state index contributed by atoms with van der Waals surface area (Å²) < 4.78 is 5.33. The second-order valence-electron chi connectivity index (χ2n) is 4.92. The summed E-state index contributed by atoms with van der Waals surface area (Å²) in [4.78, 5) is 11.9. The van der Waals surface area contributed by atoms with Gasteiger partial charge in [-0.25, -0.2) is 0 Å². The molecule has 2 aromatic carbocycles. The standard InChI is InChI=1S/C18H21NO2/c1-3-7-17(20)14-9-6-10-16(12-14)19-13-15-8-4-5-11-18(15)21-2/h4-6,8-12,19H,3,7,13H2,1-2H3. The summed E-state index contributed by atoms with van der Waals surface area (Å²) in [5.74, 6) is 1.06. The average Bonchev–Trinajstić information content (AvgIpc) is 2.53. The van der Waals surface area contributed by atoms with Crippen molar-refractivity contribution in [3.05, 3.63) is 59.7 Å². The first-order valence-electron chi connectivity index (χ1n) is 7.23. The molecule has 0 saturated heterocycles. The summed E-state index contributed by atoms with van der Waals surface area (Å²) in [6.07, 6.45) is 1.47. The van der Waals surface area contributed by atoms with Crippen LogP contribution in [0.25, 0.3) is 0 Å². The monoisotopic (exact) mass is 283 g/mol. The Morgan fingerprint density at radius 1 is 1.14 bits per heavy atom. The maximum atomic E-state index is 11.9. The Morgan fingerprint density at radius 3 is 2.71 bits per heavy atom. The molecule has 0 fully saturated rings. The molecule has 0 saturated carbocycles. The number of rotatable bonds is 7. The van der Waals surface area contributed by atoms with E-state index in [0.29, 0.717) is 13.0 Å². The lowest BCUT2D eigenvalue weighted by Gasteiger charge is -2.11. The lowest BCUT2D eigenvalue weighted by atomic mass is 10.1. The number of anilines is 1. The van der Waals surface area contributed by atoms with Gasteiger partial charge in [-0.15, -0.1) is 0 Å². The van der Waals surface area contributed by atoms with E-state index in [1.165, 1.54) is 0 Å². The smallest absolute Gasteiger partial charge is 0.162 e. The molecule has 0 spiro atoms. The number of nitrogens with one attached hydrogen (secondary N) is 1. The molecule has 0 amide bonds. The van der Waals surface area contributed by atoms with Crippen molar-refractivity contribution in [3.63, 3.8) is 0 Å². The number of methoxy groups -OCH3 is 1. The van der Waals surface area contributed by atoms with Gasteiger partial charge in [-0.05, 0) is 24.6 Å². The first kappa shape index (κ1) is 15.1. The first-order valence-corrected chi connectivity index (χ1v) is 7.23. The molecule has 0 aliphatic rings. The SMILES string of the molecule is CCCC(=O)c1cccc(NCc2ccccc2OC)c1. The quantitative estimate of drug-likeness (QED) is 0.770. The van der Waals surface area contributed by atoms with E-state index in [4.69, 9.17) is 4.74 Å². The minimum atomic E-state index is 0.193. The number of hydrogen-bond acceptors (Lipinski definition) is 3. The lowest BCUT2D eigenvalue weighted by Crippen LogP contribution is -2.03. The molecule has 3 heteroatoms. The largest absolute Gasteiger partial charge is 0.496 e. The van der Waals surface area contributed by atoms with Crippen LogP contribution in [0.5, 0.6) is 5.75 Å². The molecule has 0 aliphatic heterocycles. The van der Waals surface area contributed by atoms with Crippen LogP contribution in [0.2, 0.25) is 0 Å². The zero-order chi connectivity index (χ0) is 15.1. The Morgan fingerprint density at radius 2 is 1.95 bits per heavy atom. The first-order chi connectivity index (χ1) is 10.2. The van der Waals surface area contributed by atoms with Gasteiger partial charge >= 0.3 is 0 Å². The molecule has 0 unspecified atom stereocenters. The number of ketones is 1. The third-order valence-electron chi connectivity index (χ3n) is 3.34. The van der Waals surface area contributed by atoms with Crippen molar-refractivity contribution < 1.29 is 9.53 Å². The Hall–Kier alpha value is -2.29. The minimum absolute atomic E-state index is 0.193. The average molecular weight is 283 g/mol. The third kappa shape index (κ3) is 4.09. The summed E-state index contributed by atoms with van der Waals surface area (Å²) in [5, 5.41) is 3.34. The summed E-state index contributed by atoms with van der Waals surface area (Å²) >= 11 is 0. The van der Waals surface area contributed by atoms with Crippen molar-refractivity contribution in [3.8, 4) is 5.75 Å². The molecule has 2 rings (SSSR count). The molecule has 0 atom stereocenters. The molecular weight excluding hydrogens is 262 g/mol. The van der Waals surface area contributed by atoms with E-state index in [1.54, 1.807) is 7.11 Å². The number of ether oxygens (including phenoxy) is 1. The van der Waals surface area contributed by atoms with Crippen molar-refractivity contribution in [1.29, 1.82) is 0 Å². The highest BCUT2D eigenvalue weighted by molar-refractivity contribution is 5.96. The fourth-order valence-electron chi connectivity index (χ4n) is 2.22. The van der Waals surface area contributed by atoms with Crippen molar-refractivity contribution >= 4 is 11.5 Å². The maximum Gasteiger partial charge on any atom is 0.162 e. The van der Waals surface area contributed by atoms with Crippen molar-refractivity contribution in [2.75, 3.05) is 12.4 Å². The van der Waals surface area contributed by atoms with Crippen molar-refractivity contribution in [2.24, 2.45) is 0 Å². The van der Waals surface area contributed by atoms with Gasteiger partial charge in [0, 0.05) is 29.8 Å². The van der Waals surface area contributed by atoms with Gasteiger partial charge in [0.15, 0.2) is 5.78 Å². The molecule has 0 heterocycles. The fraction of sp³-hybridized carbons (Fsp3) is 0.278. The predicted octanol–water partition coefficient (Wildman–Crippen LogP) is 4.29. The van der Waals surface area contributed by atoms with Crippen LogP contribution < -0.4 is 10.1 Å². The number of Topliss-reactive ketones (excluding diaryl/α,β-unsaturated/α-hetero) is 1. The number of carbonyl (C=O) groups is 1. The highest BCUT2D eigenvalue weighted by Crippen LogP contribution is 2.20. The number of hydrogen-bond donors (Lipinski definition) is 1. The van der Waals surface area contributed by atoms with E-state index < -0.39 is 0 Å². The topological polar surface area (TPSA) is 38.3 Å². The van der Waals surface area contributed by atoms with E-state index in [0.717, 1.165) is 29.0 Å². The minimum Gasteiger partial charge on any atom is -0.496 e. The summed E-state index contributed by atoms with van der Waals surface area (Å²) in [6.45, 7) is 2.68. The number of carbonyl (C=O) groups excluding carboxylic acids is 1. The Balaban J connectivity index is 2.06. The fourth-order valence-corrected chi connectivity index (χ4v) is 2.22. The van der Waals surface area contributed by atoms with Gasteiger partial charge < -0.3 is 10.1 Å². The lowest BCUT2D eigenvalue weighted by molar-refractivity contribution is 0.0982. The van der Waals surface area contributed by atoms with Gasteiger partial charge in [0.2, 0.25) is 0 Å². The molecule has 0 radical (unpaired) electrons. The third-order valence-corrected chi connectivity index (χ3v) is 3.34. The molecule has 0 aliphatic carbocycles. The van der Waals surface area contributed by atoms with E-state index >= 15 is 0 Å². The van der Waals surface area contributed by atoms with Crippen LogP contribution in [0.3, 0.4) is 0 Å². The highest BCUT2D eigenvalue weighted by Gasteiger charge is 2.06. The molecule has 3 nitrogen and oxygen atoms in total. The van der Waals surface area contributed by atoms with Gasteiger partial charge in [-0.2, -0.15) is 0 Å². The van der Waals surface area contributed by atoms with Crippen LogP contribution in [0, 0.1) is 0 Å². The summed E-state index contributed by atoms with van der Waals surface area (Å²) in [5.41, 5.74) is 2.80. The molecule has 110 valence electrons. The Bertz CT molecular complexity index is 608. The molecule has 0 aromatic heterocycles. The van der Waals surface area contributed by atoms with Crippen LogP contribution in [-0.2, 0) is 6.54 Å². The summed E-state index contributed by atoms with van der Waals surface area (Å²) in [7, 11) is 1.67. The van der Waals surface area contributed by atoms with Crippen LogP contribution >= 0.6 is 0 Å². The zero-order valence-electron chi connectivity index (χ0n) is 12.6. The molecule has 0 bridgehead atoms. The second kappa shape index (κ2) is 7.48. The van der Waals surface area contributed by atoms with Crippen LogP contribution in [-0.4, -0.2) is 12.9 Å². The Kier molecular flexibility index (Phi) is 5.38. The Labute approximate surface area is 126 Å². The maximum absolute atomic E-state index is 11.9. The molecule has 1 N–H and O–H groups in total. The molecule has 21 heavy (non-hydrogen) atoms.